The molecule has 2 aromatic rings. The summed E-state index contributed by atoms with van der Waals surface area (Å²) in [6.07, 6.45) is 3.19. The van der Waals surface area contributed by atoms with Gasteiger partial charge in [0.1, 0.15) is 11.5 Å². The Morgan fingerprint density at radius 3 is 2.61 bits per heavy atom. The molecular weight excluding hydrogens is 366 g/mol. The number of hydrogen-bond acceptors (Lipinski definition) is 3. The Morgan fingerprint density at radius 2 is 1.94 bits per heavy atom. The average Bonchev–Trinajstić information content (AvgIpc) is 2.34. The number of halogens is 2. The van der Waals surface area contributed by atoms with E-state index in [1.165, 1.54) is 12.1 Å². The van der Waals surface area contributed by atoms with Crippen molar-refractivity contribution in [2.45, 2.75) is 0 Å². The second-order valence-electron chi connectivity index (χ2n) is 3.36. The first-order chi connectivity index (χ1) is 8.58. The van der Waals surface area contributed by atoms with E-state index in [1.807, 2.05) is 0 Å². The summed E-state index contributed by atoms with van der Waals surface area (Å²) in [7, 11) is 0. The van der Waals surface area contributed by atoms with Crippen LogP contribution in [0.3, 0.4) is 0 Å². The molecule has 0 spiro atoms. The maximum absolute atomic E-state index is 10.9. The smallest absolute Gasteiger partial charge is 0.335 e. The molecule has 0 atom stereocenters. The second-order valence-corrected chi connectivity index (χ2v) is 5.07. The lowest BCUT2D eigenvalue weighted by Crippen LogP contribution is -1.97. The van der Waals surface area contributed by atoms with Crippen LogP contribution in [0, 0.1) is 0 Å². The number of aromatic nitrogens is 1. The molecular formula is C12H7Br2NO3. The van der Waals surface area contributed by atoms with Gasteiger partial charge < -0.3 is 9.84 Å². The fourth-order valence-corrected chi connectivity index (χ4v) is 1.94. The highest BCUT2D eigenvalue weighted by Gasteiger charge is 2.10. The molecule has 0 bridgehead atoms. The van der Waals surface area contributed by atoms with Crippen LogP contribution < -0.4 is 4.74 Å². The van der Waals surface area contributed by atoms with Crippen molar-refractivity contribution in [1.82, 2.24) is 4.98 Å². The first-order valence-corrected chi connectivity index (χ1v) is 6.47. The van der Waals surface area contributed by atoms with Crippen LogP contribution in [0.15, 0.2) is 45.6 Å². The van der Waals surface area contributed by atoms with Gasteiger partial charge in [-0.3, -0.25) is 4.98 Å². The maximum Gasteiger partial charge on any atom is 0.335 e. The van der Waals surface area contributed by atoms with Crippen LogP contribution in [0.2, 0.25) is 0 Å². The molecule has 0 saturated heterocycles. The Labute approximate surface area is 120 Å². The Hall–Kier alpha value is -1.40. The Bertz CT molecular complexity index is 602. The van der Waals surface area contributed by atoms with Gasteiger partial charge in [-0.15, -0.1) is 0 Å². The summed E-state index contributed by atoms with van der Waals surface area (Å²) in [4.78, 5) is 14.8. The first kappa shape index (κ1) is 13.0. The minimum absolute atomic E-state index is 0.165. The largest absolute Gasteiger partial charge is 0.478 e. The lowest BCUT2D eigenvalue weighted by molar-refractivity contribution is 0.0696. The zero-order chi connectivity index (χ0) is 13.1. The van der Waals surface area contributed by atoms with Crippen LogP contribution in [-0.4, -0.2) is 16.1 Å². The fourth-order valence-electron chi connectivity index (χ4n) is 1.28. The number of ether oxygens (including phenoxy) is 1. The second kappa shape index (κ2) is 5.49. The van der Waals surface area contributed by atoms with Gasteiger partial charge in [0.05, 0.1) is 14.5 Å². The zero-order valence-corrected chi connectivity index (χ0v) is 12.1. The van der Waals surface area contributed by atoms with E-state index >= 15 is 0 Å². The number of aromatic carboxylic acids is 1. The number of benzene rings is 1. The van der Waals surface area contributed by atoms with Gasteiger partial charge in [0.15, 0.2) is 0 Å². The Balaban J connectivity index is 2.37. The molecule has 1 N–H and O–H groups in total. The predicted octanol–water partition coefficient (Wildman–Crippen LogP) is 4.10. The molecule has 1 heterocycles. The van der Waals surface area contributed by atoms with Gasteiger partial charge in [0.2, 0.25) is 0 Å². The van der Waals surface area contributed by atoms with E-state index in [0.29, 0.717) is 20.4 Å². The van der Waals surface area contributed by atoms with E-state index in [9.17, 15) is 4.79 Å². The lowest BCUT2D eigenvalue weighted by Gasteiger charge is -2.09. The number of rotatable bonds is 3. The summed E-state index contributed by atoms with van der Waals surface area (Å²) in [6.45, 7) is 0. The molecule has 0 amide bonds. The highest BCUT2D eigenvalue weighted by Crippen LogP contribution is 2.33. The molecule has 0 unspecified atom stereocenters. The molecule has 4 nitrogen and oxygen atoms in total. The number of pyridine rings is 1. The SMILES string of the molecule is O=C(O)c1ccc(Br)c(Oc2ccncc2Br)c1. The van der Waals surface area contributed by atoms with Crippen molar-refractivity contribution in [3.05, 3.63) is 51.2 Å². The van der Waals surface area contributed by atoms with E-state index in [-0.39, 0.29) is 5.56 Å². The quantitative estimate of drug-likeness (QED) is 0.881. The molecule has 1 aromatic carbocycles. The van der Waals surface area contributed by atoms with Gasteiger partial charge in [-0.05, 0) is 50.1 Å². The van der Waals surface area contributed by atoms with Crippen molar-refractivity contribution in [1.29, 1.82) is 0 Å². The van der Waals surface area contributed by atoms with Crippen molar-refractivity contribution in [2.24, 2.45) is 0 Å². The number of hydrogen-bond donors (Lipinski definition) is 1. The van der Waals surface area contributed by atoms with Crippen molar-refractivity contribution in [3.63, 3.8) is 0 Å². The predicted molar refractivity (Wildman–Crippen MR) is 73.1 cm³/mol. The average molecular weight is 373 g/mol. The van der Waals surface area contributed by atoms with E-state index < -0.39 is 5.97 Å². The molecule has 0 radical (unpaired) electrons. The molecule has 0 aliphatic carbocycles. The van der Waals surface area contributed by atoms with Crippen LogP contribution in [0.5, 0.6) is 11.5 Å². The summed E-state index contributed by atoms with van der Waals surface area (Å²) >= 11 is 6.62. The van der Waals surface area contributed by atoms with Crippen molar-refractivity contribution in [3.8, 4) is 11.5 Å². The maximum atomic E-state index is 10.9. The van der Waals surface area contributed by atoms with Crippen molar-refractivity contribution >= 4 is 37.8 Å². The molecule has 18 heavy (non-hydrogen) atoms. The van der Waals surface area contributed by atoms with Crippen molar-refractivity contribution in [2.75, 3.05) is 0 Å². The monoisotopic (exact) mass is 371 g/mol. The minimum atomic E-state index is -0.999. The number of carboxylic acid groups (broad SMARTS) is 1. The molecule has 0 aliphatic heterocycles. The minimum Gasteiger partial charge on any atom is -0.478 e. The van der Waals surface area contributed by atoms with Crippen LogP contribution in [0.1, 0.15) is 10.4 Å². The molecule has 0 fully saturated rings. The number of carbonyl (C=O) groups is 1. The van der Waals surface area contributed by atoms with Crippen molar-refractivity contribution < 1.29 is 14.6 Å². The standard InChI is InChI=1S/C12H7Br2NO3/c13-8-2-1-7(12(16)17)5-11(8)18-10-3-4-15-6-9(10)14/h1-6H,(H,16,17). The molecule has 6 heteroatoms. The highest BCUT2D eigenvalue weighted by atomic mass is 79.9. The third-order valence-corrected chi connectivity index (χ3v) is 3.38. The molecule has 0 aliphatic rings. The normalized spacial score (nSPS) is 10.1. The molecule has 92 valence electrons. The Kier molecular flexibility index (Phi) is 3.98. The topological polar surface area (TPSA) is 59.4 Å². The van der Waals surface area contributed by atoms with Gasteiger partial charge in [-0.1, -0.05) is 0 Å². The Morgan fingerprint density at radius 1 is 1.17 bits per heavy atom. The van der Waals surface area contributed by atoms with Gasteiger partial charge in [0.25, 0.3) is 0 Å². The lowest BCUT2D eigenvalue weighted by atomic mass is 10.2. The summed E-state index contributed by atoms with van der Waals surface area (Å²) in [6, 6.07) is 6.28. The summed E-state index contributed by atoms with van der Waals surface area (Å²) in [5.74, 6) is -0.00353. The molecule has 0 saturated carbocycles. The molecule has 1 aromatic heterocycles. The van der Waals surface area contributed by atoms with Gasteiger partial charge in [-0.2, -0.15) is 0 Å². The number of carboxylic acids is 1. The van der Waals surface area contributed by atoms with Crippen LogP contribution >= 0.6 is 31.9 Å². The molecule has 2 rings (SSSR count). The van der Waals surface area contributed by atoms with Crippen LogP contribution in [0.4, 0.5) is 0 Å². The van der Waals surface area contributed by atoms with Gasteiger partial charge in [-0.25, -0.2) is 4.79 Å². The summed E-state index contributed by atoms with van der Waals surface area (Å²) in [5.41, 5.74) is 0.165. The number of nitrogens with zero attached hydrogens (tertiary/aromatic N) is 1. The van der Waals surface area contributed by atoms with Gasteiger partial charge in [0, 0.05) is 18.5 Å². The van der Waals surface area contributed by atoms with E-state index in [0.717, 1.165) is 0 Å². The highest BCUT2D eigenvalue weighted by molar-refractivity contribution is 9.11. The zero-order valence-electron chi connectivity index (χ0n) is 8.93. The first-order valence-electron chi connectivity index (χ1n) is 4.88. The van der Waals surface area contributed by atoms with Gasteiger partial charge >= 0.3 is 5.97 Å². The van der Waals surface area contributed by atoms with Crippen LogP contribution in [-0.2, 0) is 0 Å². The van der Waals surface area contributed by atoms with E-state index in [4.69, 9.17) is 9.84 Å². The summed E-state index contributed by atoms with van der Waals surface area (Å²) < 4.78 is 7.00. The van der Waals surface area contributed by atoms with E-state index in [2.05, 4.69) is 36.8 Å². The van der Waals surface area contributed by atoms with Crippen LogP contribution in [0.25, 0.3) is 0 Å². The third-order valence-electron chi connectivity index (χ3n) is 2.13. The van der Waals surface area contributed by atoms with E-state index in [1.54, 1.807) is 24.5 Å². The fraction of sp³-hybridized carbons (Fsp3) is 0. The third kappa shape index (κ3) is 2.88. The summed E-state index contributed by atoms with van der Waals surface area (Å²) in [5, 5.41) is 8.93.